The van der Waals surface area contributed by atoms with Crippen molar-refractivity contribution in [2.75, 3.05) is 0 Å². The van der Waals surface area contributed by atoms with Gasteiger partial charge in [-0.2, -0.15) is 0 Å². The number of amidine groups is 1. The Labute approximate surface area is 95.3 Å². The van der Waals surface area contributed by atoms with Gasteiger partial charge in [-0.05, 0) is 36.0 Å². The highest BCUT2D eigenvalue weighted by molar-refractivity contribution is 8.18. The van der Waals surface area contributed by atoms with Gasteiger partial charge in [-0.25, -0.2) is 0 Å². The van der Waals surface area contributed by atoms with Gasteiger partial charge in [0.15, 0.2) is 0 Å². The van der Waals surface area contributed by atoms with Crippen LogP contribution in [0.4, 0.5) is 4.79 Å². The second kappa shape index (κ2) is 3.90. The smallest absolute Gasteiger partial charge is 0.289 e. The first kappa shape index (κ1) is 10.6. The molecule has 1 amide bonds. The third kappa shape index (κ3) is 2.01. The Morgan fingerprint density at radius 3 is 2.75 bits per heavy atom. The van der Waals surface area contributed by atoms with E-state index in [2.05, 4.69) is 5.32 Å². The topological polar surface area (TPSA) is 93.4 Å². The fourth-order valence-electron chi connectivity index (χ4n) is 1.24. The number of aromatic hydroxyl groups is 2. The number of hydrogen-bond donors (Lipinski definition) is 4. The summed E-state index contributed by atoms with van der Waals surface area (Å²) in [7, 11) is 0. The molecule has 1 fully saturated rings. The van der Waals surface area contributed by atoms with Crippen LogP contribution in [0.15, 0.2) is 23.1 Å². The molecule has 1 aliphatic rings. The molecule has 0 unspecified atom stereocenters. The van der Waals surface area contributed by atoms with Gasteiger partial charge in [0.05, 0.1) is 4.91 Å². The number of thioether (sulfide) groups is 1. The first-order valence-corrected chi connectivity index (χ1v) is 5.19. The van der Waals surface area contributed by atoms with E-state index < -0.39 is 0 Å². The third-order valence-electron chi connectivity index (χ3n) is 1.97. The highest BCUT2D eigenvalue weighted by atomic mass is 32.2. The summed E-state index contributed by atoms with van der Waals surface area (Å²) in [6.07, 6.45) is 1.47. The number of amides is 1. The fraction of sp³-hybridized carbons (Fsp3) is 0. The zero-order valence-electron chi connectivity index (χ0n) is 8.02. The maximum absolute atomic E-state index is 11.0. The number of nitrogens with one attached hydrogen (secondary N) is 2. The van der Waals surface area contributed by atoms with Crippen LogP contribution in [0.1, 0.15) is 5.56 Å². The molecule has 5 nitrogen and oxygen atoms in total. The van der Waals surface area contributed by atoms with E-state index >= 15 is 0 Å². The maximum Gasteiger partial charge on any atom is 0.289 e. The first-order valence-electron chi connectivity index (χ1n) is 4.37. The third-order valence-corrected chi connectivity index (χ3v) is 2.80. The van der Waals surface area contributed by atoms with Gasteiger partial charge in [0, 0.05) is 5.56 Å². The van der Waals surface area contributed by atoms with Crippen molar-refractivity contribution in [1.29, 1.82) is 5.41 Å². The molecule has 0 radical (unpaired) electrons. The van der Waals surface area contributed by atoms with Crippen molar-refractivity contribution in [2.45, 2.75) is 0 Å². The Hall–Kier alpha value is -1.95. The molecule has 0 spiro atoms. The molecule has 0 aromatic heterocycles. The van der Waals surface area contributed by atoms with E-state index in [1.54, 1.807) is 0 Å². The minimum Gasteiger partial charge on any atom is -0.508 e. The van der Waals surface area contributed by atoms with Gasteiger partial charge in [0.25, 0.3) is 5.24 Å². The normalized spacial score (nSPS) is 17.9. The van der Waals surface area contributed by atoms with Gasteiger partial charge in [-0.3, -0.25) is 10.2 Å². The molecule has 1 aliphatic heterocycles. The van der Waals surface area contributed by atoms with Crippen molar-refractivity contribution in [3.8, 4) is 11.5 Å². The number of rotatable bonds is 1. The van der Waals surface area contributed by atoms with Crippen LogP contribution in [0.5, 0.6) is 11.5 Å². The molecule has 2 rings (SSSR count). The molecule has 0 aliphatic carbocycles. The lowest BCUT2D eigenvalue weighted by atomic mass is 10.1. The summed E-state index contributed by atoms with van der Waals surface area (Å²) in [6, 6.07) is 4.06. The van der Waals surface area contributed by atoms with Crippen LogP contribution in [0.25, 0.3) is 6.08 Å². The number of carbonyl (C=O) groups is 1. The zero-order valence-corrected chi connectivity index (χ0v) is 8.84. The second-order valence-electron chi connectivity index (χ2n) is 3.14. The van der Waals surface area contributed by atoms with Crippen LogP contribution in [-0.2, 0) is 0 Å². The zero-order chi connectivity index (χ0) is 11.7. The summed E-state index contributed by atoms with van der Waals surface area (Å²) in [5.74, 6) is -0.00532. The lowest BCUT2D eigenvalue weighted by molar-refractivity contribution is 0.265. The van der Waals surface area contributed by atoms with Crippen molar-refractivity contribution >= 4 is 28.9 Å². The van der Waals surface area contributed by atoms with E-state index in [1.165, 1.54) is 24.3 Å². The Balaban J connectivity index is 2.39. The number of benzene rings is 1. The second-order valence-corrected chi connectivity index (χ2v) is 4.16. The van der Waals surface area contributed by atoms with Crippen molar-refractivity contribution < 1.29 is 15.0 Å². The summed E-state index contributed by atoms with van der Waals surface area (Å²) in [6.45, 7) is 0. The average Bonchev–Trinajstić information content (AvgIpc) is 2.51. The summed E-state index contributed by atoms with van der Waals surface area (Å²) in [5.41, 5.74) is 0.365. The van der Waals surface area contributed by atoms with Crippen LogP contribution in [0.2, 0.25) is 0 Å². The van der Waals surface area contributed by atoms with Crippen LogP contribution in [-0.4, -0.2) is 21.3 Å². The largest absolute Gasteiger partial charge is 0.508 e. The SMILES string of the molecule is N=C1NC(=O)SC1=Cc1cc(O)ccc1O. The van der Waals surface area contributed by atoms with Crippen molar-refractivity contribution in [2.24, 2.45) is 0 Å². The lowest BCUT2D eigenvalue weighted by Gasteiger charge is -2.00. The molecule has 16 heavy (non-hydrogen) atoms. The summed E-state index contributed by atoms with van der Waals surface area (Å²) in [4.78, 5) is 11.4. The minimum absolute atomic E-state index is 0.00209. The van der Waals surface area contributed by atoms with Gasteiger partial charge < -0.3 is 15.5 Å². The van der Waals surface area contributed by atoms with E-state index in [0.717, 1.165) is 11.8 Å². The van der Waals surface area contributed by atoms with E-state index in [9.17, 15) is 15.0 Å². The Kier molecular flexibility index (Phi) is 2.57. The van der Waals surface area contributed by atoms with Crippen molar-refractivity contribution in [3.63, 3.8) is 0 Å². The molecule has 1 saturated heterocycles. The molecule has 4 N–H and O–H groups in total. The van der Waals surface area contributed by atoms with Gasteiger partial charge in [0.1, 0.15) is 17.3 Å². The molecule has 0 saturated carbocycles. The van der Waals surface area contributed by atoms with E-state index in [1.807, 2.05) is 0 Å². The van der Waals surface area contributed by atoms with Crippen LogP contribution < -0.4 is 5.32 Å². The molecule has 0 bridgehead atoms. The highest BCUT2D eigenvalue weighted by Gasteiger charge is 2.22. The number of phenolic OH excluding ortho intramolecular Hbond substituents is 2. The summed E-state index contributed by atoms with van der Waals surface area (Å²) >= 11 is 0.877. The number of phenols is 2. The molecule has 0 atom stereocenters. The number of hydrogen-bond acceptors (Lipinski definition) is 5. The van der Waals surface area contributed by atoms with E-state index in [4.69, 9.17) is 5.41 Å². The summed E-state index contributed by atoms with van der Waals surface area (Å²) < 4.78 is 0. The van der Waals surface area contributed by atoms with Gasteiger partial charge >= 0.3 is 0 Å². The van der Waals surface area contributed by atoms with Gasteiger partial charge in [0.2, 0.25) is 0 Å². The predicted octanol–water partition coefficient (Wildman–Crippen LogP) is 1.87. The molecular formula is C10H8N2O3S. The van der Waals surface area contributed by atoms with Gasteiger partial charge in [-0.15, -0.1) is 0 Å². The molecular weight excluding hydrogens is 228 g/mol. The Bertz CT molecular complexity index is 511. The molecule has 1 aromatic rings. The van der Waals surface area contributed by atoms with Crippen LogP contribution in [0.3, 0.4) is 0 Å². The highest BCUT2D eigenvalue weighted by Crippen LogP contribution is 2.30. The molecule has 82 valence electrons. The quantitative estimate of drug-likeness (QED) is 0.560. The fourth-order valence-corrected chi connectivity index (χ4v) is 1.93. The minimum atomic E-state index is -0.323. The van der Waals surface area contributed by atoms with E-state index in [0.29, 0.717) is 10.5 Å². The lowest BCUT2D eigenvalue weighted by Crippen LogP contribution is -2.17. The number of carbonyl (C=O) groups excluding carboxylic acids is 1. The van der Waals surface area contributed by atoms with E-state index in [-0.39, 0.29) is 22.6 Å². The van der Waals surface area contributed by atoms with Crippen molar-refractivity contribution in [1.82, 2.24) is 5.32 Å². The molecule has 1 aromatic carbocycles. The summed E-state index contributed by atoms with van der Waals surface area (Å²) in [5, 5.41) is 28.2. The maximum atomic E-state index is 11.0. The monoisotopic (exact) mass is 236 g/mol. The predicted molar refractivity (Wildman–Crippen MR) is 61.6 cm³/mol. The Morgan fingerprint density at radius 1 is 1.38 bits per heavy atom. The van der Waals surface area contributed by atoms with Gasteiger partial charge in [-0.1, -0.05) is 0 Å². The van der Waals surface area contributed by atoms with Crippen molar-refractivity contribution in [3.05, 3.63) is 28.7 Å². The first-order chi connectivity index (χ1) is 7.56. The average molecular weight is 236 g/mol. The standard InChI is InChI=1S/C10H8N2O3S/c11-9-8(16-10(15)12-9)4-5-3-6(13)1-2-7(5)14/h1-4,13-14H,(H2,11,12,15). The molecule has 6 heteroatoms. The van der Waals surface area contributed by atoms with Crippen LogP contribution >= 0.6 is 11.8 Å². The Morgan fingerprint density at radius 2 is 2.12 bits per heavy atom. The molecule has 1 heterocycles. The van der Waals surface area contributed by atoms with Crippen LogP contribution in [0, 0.1) is 5.41 Å².